The zero-order valence-electron chi connectivity index (χ0n) is 20.7. The number of likely N-dealkylation sites (N-methyl/N-ethyl adjacent to an activating group) is 1. The minimum Gasteiger partial charge on any atom is -0.394 e. The Kier molecular flexibility index (Phi) is 8.27. The summed E-state index contributed by atoms with van der Waals surface area (Å²) in [5, 5.41) is 11.7. The highest BCUT2D eigenvalue weighted by Gasteiger charge is 2.32. The SMILES string of the molecule is C[C@H]1CN([C@@H](C)CO)C(=O)c2ccccc2-c2ccccc2CO[C@H]1CN(C)S(=O)(=O)c1cccs1. The number of carbonyl (C=O) groups excluding carboxylic acids is 1. The van der Waals surface area contributed by atoms with E-state index in [2.05, 4.69) is 0 Å². The van der Waals surface area contributed by atoms with E-state index in [0.29, 0.717) is 12.1 Å². The summed E-state index contributed by atoms with van der Waals surface area (Å²) in [4.78, 5) is 15.5. The molecule has 1 aliphatic rings. The van der Waals surface area contributed by atoms with Crippen LogP contribution < -0.4 is 0 Å². The molecule has 9 heteroatoms. The molecule has 4 rings (SSSR count). The van der Waals surface area contributed by atoms with E-state index in [0.717, 1.165) is 16.7 Å². The molecule has 1 N–H and O–H groups in total. The summed E-state index contributed by atoms with van der Waals surface area (Å²) < 4.78 is 34.2. The van der Waals surface area contributed by atoms with Crippen molar-refractivity contribution in [3.63, 3.8) is 0 Å². The standard InChI is InChI=1S/C27H32N2O5S2/c1-19-15-29(20(2)17-30)27(31)24-12-7-6-11-23(24)22-10-5-4-9-21(22)18-34-25(19)16-28(3)36(32,33)26-13-8-14-35-26/h4-14,19-20,25,30H,15-18H2,1-3H3/t19-,20-,25-/m0/s1. The lowest BCUT2D eigenvalue weighted by Gasteiger charge is -2.34. The Hall–Kier alpha value is -2.56. The van der Waals surface area contributed by atoms with E-state index < -0.39 is 22.2 Å². The zero-order chi connectivity index (χ0) is 25.9. The molecule has 1 aliphatic heterocycles. The van der Waals surface area contributed by atoms with Gasteiger partial charge in [-0.15, -0.1) is 11.3 Å². The Bertz CT molecular complexity index is 1290. The maximum absolute atomic E-state index is 13.8. The van der Waals surface area contributed by atoms with E-state index in [-0.39, 0.29) is 35.8 Å². The number of benzene rings is 2. The highest BCUT2D eigenvalue weighted by atomic mass is 32.2. The molecule has 0 spiro atoms. The van der Waals surface area contributed by atoms with Crippen molar-refractivity contribution in [3.8, 4) is 11.1 Å². The molecule has 0 aliphatic carbocycles. The largest absolute Gasteiger partial charge is 0.394 e. The predicted octanol–water partition coefficient (Wildman–Crippen LogP) is 4.09. The van der Waals surface area contributed by atoms with Crippen LogP contribution >= 0.6 is 11.3 Å². The lowest BCUT2D eigenvalue weighted by atomic mass is 9.94. The fourth-order valence-electron chi connectivity index (χ4n) is 4.47. The molecule has 3 atom stereocenters. The van der Waals surface area contributed by atoms with Crippen LogP contribution in [0.15, 0.2) is 70.3 Å². The first-order valence-electron chi connectivity index (χ1n) is 11.9. The molecular formula is C27H32N2O5S2. The Morgan fingerprint density at radius 2 is 1.75 bits per heavy atom. The molecule has 192 valence electrons. The average Bonchev–Trinajstić information content (AvgIpc) is 3.44. The molecule has 0 radical (unpaired) electrons. The van der Waals surface area contributed by atoms with E-state index in [1.54, 1.807) is 29.5 Å². The van der Waals surface area contributed by atoms with E-state index in [1.165, 1.54) is 15.6 Å². The maximum atomic E-state index is 13.8. The third-order valence-corrected chi connectivity index (χ3v) is 9.89. The predicted molar refractivity (Wildman–Crippen MR) is 141 cm³/mol. The number of hydrogen-bond acceptors (Lipinski definition) is 6. The van der Waals surface area contributed by atoms with Gasteiger partial charge in [0, 0.05) is 31.6 Å². The van der Waals surface area contributed by atoms with E-state index >= 15 is 0 Å². The van der Waals surface area contributed by atoms with Gasteiger partial charge in [-0.3, -0.25) is 4.79 Å². The summed E-state index contributed by atoms with van der Waals surface area (Å²) in [6.07, 6.45) is -0.486. The first-order valence-corrected chi connectivity index (χ1v) is 14.3. The smallest absolute Gasteiger partial charge is 0.254 e. The van der Waals surface area contributed by atoms with Crippen LogP contribution in [0, 0.1) is 5.92 Å². The fourth-order valence-corrected chi connectivity index (χ4v) is 6.85. The van der Waals surface area contributed by atoms with Crippen LogP contribution in [0.4, 0.5) is 0 Å². The molecule has 2 aromatic carbocycles. The van der Waals surface area contributed by atoms with Gasteiger partial charge in [0.25, 0.3) is 15.9 Å². The van der Waals surface area contributed by atoms with Crippen LogP contribution in [-0.4, -0.2) is 67.5 Å². The summed E-state index contributed by atoms with van der Waals surface area (Å²) in [7, 11) is -2.11. The minimum absolute atomic E-state index is 0.131. The normalized spacial score (nSPS) is 19.9. The monoisotopic (exact) mass is 528 g/mol. The second-order valence-corrected chi connectivity index (χ2v) is 12.5. The Morgan fingerprint density at radius 1 is 1.08 bits per heavy atom. The molecule has 3 aromatic rings. The lowest BCUT2D eigenvalue weighted by Crippen LogP contribution is -2.47. The van der Waals surface area contributed by atoms with Crippen LogP contribution in [0.1, 0.15) is 29.8 Å². The number of aliphatic hydroxyl groups excluding tert-OH is 1. The second-order valence-electron chi connectivity index (χ2n) is 9.24. The van der Waals surface area contributed by atoms with Gasteiger partial charge in [-0.25, -0.2) is 8.42 Å². The quantitative estimate of drug-likeness (QED) is 0.521. The average molecular weight is 529 g/mol. The topological polar surface area (TPSA) is 87.2 Å². The van der Waals surface area contributed by atoms with Gasteiger partial charge in [0.1, 0.15) is 4.21 Å². The third-order valence-electron chi connectivity index (χ3n) is 6.69. The fraction of sp³-hybridized carbons (Fsp3) is 0.370. The number of amides is 1. The highest BCUT2D eigenvalue weighted by molar-refractivity contribution is 7.91. The molecule has 1 aromatic heterocycles. The van der Waals surface area contributed by atoms with Crippen molar-refractivity contribution in [2.45, 2.75) is 36.8 Å². The summed E-state index contributed by atoms with van der Waals surface area (Å²) in [6.45, 7) is 4.29. The Morgan fingerprint density at radius 3 is 2.42 bits per heavy atom. The molecule has 7 nitrogen and oxygen atoms in total. The number of ether oxygens (including phenoxy) is 1. The van der Waals surface area contributed by atoms with Gasteiger partial charge in [0.15, 0.2) is 0 Å². The van der Waals surface area contributed by atoms with Gasteiger partial charge in [0.05, 0.1) is 25.4 Å². The summed E-state index contributed by atoms with van der Waals surface area (Å²) in [5.74, 6) is -0.379. The van der Waals surface area contributed by atoms with Gasteiger partial charge < -0.3 is 14.7 Å². The van der Waals surface area contributed by atoms with Crippen molar-refractivity contribution < 1.29 is 23.1 Å². The summed E-state index contributed by atoms with van der Waals surface area (Å²) in [5.41, 5.74) is 3.18. The maximum Gasteiger partial charge on any atom is 0.254 e. The van der Waals surface area contributed by atoms with Crippen molar-refractivity contribution in [3.05, 3.63) is 77.2 Å². The number of nitrogens with zero attached hydrogens (tertiary/aromatic N) is 2. The molecule has 0 bridgehead atoms. The molecule has 1 amide bonds. The van der Waals surface area contributed by atoms with Crippen molar-refractivity contribution in [2.75, 3.05) is 26.7 Å². The molecule has 0 saturated heterocycles. The third kappa shape index (κ3) is 5.40. The summed E-state index contributed by atoms with van der Waals surface area (Å²) >= 11 is 1.18. The van der Waals surface area contributed by atoms with Crippen molar-refractivity contribution in [1.29, 1.82) is 0 Å². The van der Waals surface area contributed by atoms with Crippen molar-refractivity contribution >= 4 is 27.3 Å². The van der Waals surface area contributed by atoms with Crippen LogP contribution in [0.3, 0.4) is 0 Å². The number of hydrogen-bond donors (Lipinski definition) is 1. The molecular weight excluding hydrogens is 496 g/mol. The Balaban J connectivity index is 1.74. The minimum atomic E-state index is -3.66. The van der Waals surface area contributed by atoms with Crippen LogP contribution in [0.2, 0.25) is 0 Å². The van der Waals surface area contributed by atoms with Crippen LogP contribution in [0.5, 0.6) is 0 Å². The number of aliphatic hydroxyl groups is 1. The van der Waals surface area contributed by atoms with Crippen LogP contribution in [0.25, 0.3) is 11.1 Å². The molecule has 2 heterocycles. The number of sulfonamides is 1. The van der Waals surface area contributed by atoms with Gasteiger partial charge >= 0.3 is 0 Å². The number of rotatable bonds is 6. The summed E-state index contributed by atoms with van der Waals surface area (Å²) in [6, 6.07) is 18.2. The number of fused-ring (bicyclic) bond motifs is 3. The van der Waals surface area contributed by atoms with E-state index in [1.807, 2.05) is 62.4 Å². The first-order chi connectivity index (χ1) is 17.2. The van der Waals surface area contributed by atoms with Crippen molar-refractivity contribution in [1.82, 2.24) is 9.21 Å². The van der Waals surface area contributed by atoms with Gasteiger partial charge in [0.2, 0.25) is 0 Å². The lowest BCUT2D eigenvalue weighted by molar-refractivity contribution is -0.0146. The van der Waals surface area contributed by atoms with Crippen LogP contribution in [-0.2, 0) is 21.4 Å². The van der Waals surface area contributed by atoms with Gasteiger partial charge in [-0.1, -0.05) is 55.5 Å². The zero-order valence-corrected chi connectivity index (χ0v) is 22.3. The number of thiophene rings is 1. The van der Waals surface area contributed by atoms with Crippen molar-refractivity contribution in [2.24, 2.45) is 5.92 Å². The number of carbonyl (C=O) groups is 1. The second kappa shape index (κ2) is 11.2. The Labute approximate surface area is 217 Å². The molecule has 0 saturated carbocycles. The van der Waals surface area contributed by atoms with Gasteiger partial charge in [-0.05, 0) is 41.1 Å². The molecule has 0 fully saturated rings. The molecule has 0 unspecified atom stereocenters. The highest BCUT2D eigenvalue weighted by Crippen LogP contribution is 2.31. The molecule has 36 heavy (non-hydrogen) atoms. The van der Waals surface area contributed by atoms with E-state index in [9.17, 15) is 18.3 Å². The van der Waals surface area contributed by atoms with Gasteiger partial charge in [-0.2, -0.15) is 4.31 Å². The first kappa shape index (κ1) is 26.5. The van der Waals surface area contributed by atoms with E-state index in [4.69, 9.17) is 4.74 Å².